The highest BCUT2D eigenvalue weighted by Gasteiger charge is 1.95. The minimum Gasteiger partial charge on any atom is -0.494 e. The van der Waals surface area contributed by atoms with Gasteiger partial charge in [0.15, 0.2) is 0 Å². The van der Waals surface area contributed by atoms with Crippen LogP contribution < -0.4 is 10.5 Å². The number of nitrogens with two attached hydrogens (primary N) is 1. The fourth-order valence-electron chi connectivity index (χ4n) is 1.75. The van der Waals surface area contributed by atoms with Crippen molar-refractivity contribution in [2.24, 2.45) is 5.73 Å². The van der Waals surface area contributed by atoms with Gasteiger partial charge in [-0.15, -0.1) is 0 Å². The first-order valence-corrected chi connectivity index (χ1v) is 6.28. The smallest absolute Gasteiger partial charge is 0.119 e. The Kier molecular flexibility index (Phi) is 6.66. The van der Waals surface area contributed by atoms with E-state index in [1.807, 2.05) is 6.92 Å². The van der Waals surface area contributed by atoms with Crippen molar-refractivity contribution in [3.05, 3.63) is 29.8 Å². The van der Waals surface area contributed by atoms with E-state index in [0.29, 0.717) is 0 Å². The maximum absolute atomic E-state index is 5.45. The molecule has 0 radical (unpaired) electrons. The van der Waals surface area contributed by atoms with E-state index >= 15 is 0 Å². The molecule has 0 bridgehead atoms. The molecule has 0 fully saturated rings. The molecule has 0 amide bonds. The summed E-state index contributed by atoms with van der Waals surface area (Å²) in [4.78, 5) is 0. The highest BCUT2D eigenvalue weighted by molar-refractivity contribution is 5.27. The molecule has 0 aliphatic heterocycles. The monoisotopic (exact) mass is 221 g/mol. The Hall–Kier alpha value is -1.02. The van der Waals surface area contributed by atoms with Gasteiger partial charge in [-0.2, -0.15) is 0 Å². The molecule has 16 heavy (non-hydrogen) atoms. The van der Waals surface area contributed by atoms with Crippen LogP contribution in [0.4, 0.5) is 0 Å². The standard InChI is InChI=1S/C14H23NO/c1-2-16-14-10-8-13(9-11-14)7-5-3-4-6-12-15/h8-11H,2-7,12,15H2,1H3. The fraction of sp³-hybridized carbons (Fsp3) is 0.571. The van der Waals surface area contributed by atoms with E-state index in [2.05, 4.69) is 24.3 Å². The summed E-state index contributed by atoms with van der Waals surface area (Å²) >= 11 is 0. The van der Waals surface area contributed by atoms with Crippen molar-refractivity contribution in [3.8, 4) is 5.75 Å². The molecule has 0 saturated carbocycles. The van der Waals surface area contributed by atoms with Crippen LogP contribution in [0.2, 0.25) is 0 Å². The van der Waals surface area contributed by atoms with E-state index in [1.165, 1.54) is 24.8 Å². The van der Waals surface area contributed by atoms with Crippen LogP contribution in [-0.2, 0) is 6.42 Å². The lowest BCUT2D eigenvalue weighted by Crippen LogP contribution is -1.97. The van der Waals surface area contributed by atoms with Crippen LogP contribution in [0.1, 0.15) is 38.2 Å². The van der Waals surface area contributed by atoms with Crippen molar-refractivity contribution in [2.45, 2.75) is 39.0 Å². The second-order valence-electron chi connectivity index (χ2n) is 4.03. The normalized spacial score (nSPS) is 10.4. The van der Waals surface area contributed by atoms with Crippen LogP contribution >= 0.6 is 0 Å². The summed E-state index contributed by atoms with van der Waals surface area (Å²) in [5.41, 5.74) is 6.85. The van der Waals surface area contributed by atoms with Crippen LogP contribution in [0.3, 0.4) is 0 Å². The van der Waals surface area contributed by atoms with E-state index in [0.717, 1.165) is 31.7 Å². The third-order valence-electron chi connectivity index (χ3n) is 2.65. The third-order valence-corrected chi connectivity index (χ3v) is 2.65. The quantitative estimate of drug-likeness (QED) is 0.684. The second kappa shape index (κ2) is 8.17. The molecular weight excluding hydrogens is 198 g/mol. The van der Waals surface area contributed by atoms with Gasteiger partial charge in [0.1, 0.15) is 5.75 Å². The number of benzene rings is 1. The van der Waals surface area contributed by atoms with Crippen molar-refractivity contribution in [1.82, 2.24) is 0 Å². The summed E-state index contributed by atoms with van der Waals surface area (Å²) < 4.78 is 5.40. The predicted molar refractivity (Wildman–Crippen MR) is 68.8 cm³/mol. The minimum atomic E-state index is 0.735. The van der Waals surface area contributed by atoms with Gasteiger partial charge in [0.25, 0.3) is 0 Å². The zero-order chi connectivity index (χ0) is 11.6. The van der Waals surface area contributed by atoms with Gasteiger partial charge in [0, 0.05) is 0 Å². The molecule has 0 heterocycles. The minimum absolute atomic E-state index is 0.735. The van der Waals surface area contributed by atoms with Crippen LogP contribution in [0.15, 0.2) is 24.3 Å². The Morgan fingerprint density at radius 1 is 1.00 bits per heavy atom. The van der Waals surface area contributed by atoms with Gasteiger partial charge in [-0.3, -0.25) is 0 Å². The van der Waals surface area contributed by atoms with Gasteiger partial charge in [0.2, 0.25) is 0 Å². The first kappa shape index (κ1) is 13.0. The molecule has 2 heteroatoms. The van der Waals surface area contributed by atoms with Crippen LogP contribution in [0.25, 0.3) is 0 Å². The number of hydrogen-bond donors (Lipinski definition) is 1. The Bertz CT molecular complexity index is 269. The summed E-state index contributed by atoms with van der Waals surface area (Å²) in [6, 6.07) is 8.43. The fourth-order valence-corrected chi connectivity index (χ4v) is 1.75. The van der Waals surface area contributed by atoms with Gasteiger partial charge in [-0.05, 0) is 50.4 Å². The Morgan fingerprint density at radius 2 is 1.69 bits per heavy atom. The lowest BCUT2D eigenvalue weighted by atomic mass is 10.1. The molecule has 2 N–H and O–H groups in total. The highest BCUT2D eigenvalue weighted by atomic mass is 16.5. The molecule has 0 aliphatic carbocycles. The summed E-state index contributed by atoms with van der Waals surface area (Å²) in [6.45, 7) is 3.56. The lowest BCUT2D eigenvalue weighted by molar-refractivity contribution is 0.340. The largest absolute Gasteiger partial charge is 0.494 e. The molecule has 2 nitrogen and oxygen atoms in total. The van der Waals surface area contributed by atoms with Gasteiger partial charge < -0.3 is 10.5 Å². The van der Waals surface area contributed by atoms with Crippen LogP contribution in [0.5, 0.6) is 5.75 Å². The van der Waals surface area contributed by atoms with E-state index in [4.69, 9.17) is 10.5 Å². The van der Waals surface area contributed by atoms with Crippen LogP contribution in [0, 0.1) is 0 Å². The molecule has 0 unspecified atom stereocenters. The Morgan fingerprint density at radius 3 is 2.31 bits per heavy atom. The van der Waals surface area contributed by atoms with Crippen molar-refractivity contribution in [1.29, 1.82) is 0 Å². The zero-order valence-corrected chi connectivity index (χ0v) is 10.2. The van der Waals surface area contributed by atoms with E-state index in [9.17, 15) is 0 Å². The first-order chi connectivity index (χ1) is 7.86. The zero-order valence-electron chi connectivity index (χ0n) is 10.2. The van der Waals surface area contributed by atoms with E-state index < -0.39 is 0 Å². The molecular formula is C14H23NO. The van der Waals surface area contributed by atoms with E-state index in [-0.39, 0.29) is 0 Å². The van der Waals surface area contributed by atoms with Crippen molar-refractivity contribution in [3.63, 3.8) is 0 Å². The van der Waals surface area contributed by atoms with Crippen molar-refractivity contribution in [2.75, 3.05) is 13.2 Å². The van der Waals surface area contributed by atoms with Crippen molar-refractivity contribution >= 4 is 0 Å². The summed E-state index contributed by atoms with van der Waals surface area (Å²) in [5, 5.41) is 0. The number of aryl methyl sites for hydroxylation is 1. The van der Waals surface area contributed by atoms with Gasteiger partial charge >= 0.3 is 0 Å². The molecule has 90 valence electrons. The van der Waals surface area contributed by atoms with E-state index in [1.54, 1.807) is 0 Å². The molecule has 0 aromatic heterocycles. The second-order valence-corrected chi connectivity index (χ2v) is 4.03. The average molecular weight is 221 g/mol. The maximum Gasteiger partial charge on any atom is 0.119 e. The molecule has 0 aliphatic rings. The Labute approximate surface area is 98.8 Å². The predicted octanol–water partition coefficient (Wildman–Crippen LogP) is 3.15. The summed E-state index contributed by atoms with van der Waals surface area (Å²) in [5.74, 6) is 0.967. The van der Waals surface area contributed by atoms with Gasteiger partial charge in [0.05, 0.1) is 6.61 Å². The van der Waals surface area contributed by atoms with Crippen LogP contribution in [-0.4, -0.2) is 13.2 Å². The van der Waals surface area contributed by atoms with Crippen molar-refractivity contribution < 1.29 is 4.74 Å². The van der Waals surface area contributed by atoms with Gasteiger partial charge in [-0.25, -0.2) is 0 Å². The molecule has 1 rings (SSSR count). The number of hydrogen-bond acceptors (Lipinski definition) is 2. The highest BCUT2D eigenvalue weighted by Crippen LogP contribution is 2.14. The molecule has 0 saturated heterocycles. The maximum atomic E-state index is 5.45. The number of rotatable bonds is 8. The SMILES string of the molecule is CCOc1ccc(CCCCCCN)cc1. The molecule has 0 spiro atoms. The molecule has 0 atom stereocenters. The number of ether oxygens (including phenoxy) is 1. The third kappa shape index (κ3) is 5.17. The summed E-state index contributed by atoms with van der Waals surface area (Å²) in [6.07, 6.45) is 6.12. The first-order valence-electron chi connectivity index (χ1n) is 6.28. The summed E-state index contributed by atoms with van der Waals surface area (Å²) in [7, 11) is 0. The molecule has 1 aromatic rings. The lowest BCUT2D eigenvalue weighted by Gasteiger charge is -2.05. The Balaban J connectivity index is 2.21. The number of unbranched alkanes of at least 4 members (excludes halogenated alkanes) is 3. The average Bonchev–Trinajstić information content (AvgIpc) is 2.31. The van der Waals surface area contributed by atoms with Gasteiger partial charge in [-0.1, -0.05) is 25.0 Å². The molecule has 1 aromatic carbocycles. The topological polar surface area (TPSA) is 35.2 Å².